The summed E-state index contributed by atoms with van der Waals surface area (Å²) in [5.74, 6) is 0.402. The molecule has 0 aliphatic carbocycles. The van der Waals surface area contributed by atoms with Crippen LogP contribution in [0.15, 0.2) is 6.07 Å². The van der Waals surface area contributed by atoms with Gasteiger partial charge in [0, 0.05) is 5.56 Å². The lowest BCUT2D eigenvalue weighted by molar-refractivity contribution is 0.263. The standard InChI is InChI=1S/C11H17NO3/c1-6-4-9(15-3)11(14)10(7(6)2)8(12)5-13/h4,8,13-14H,5,12H2,1-3H3. The van der Waals surface area contributed by atoms with E-state index < -0.39 is 6.04 Å². The Bertz CT molecular complexity index is 363. The highest BCUT2D eigenvalue weighted by molar-refractivity contribution is 5.54. The molecular formula is C11H17NO3. The third-order valence-corrected chi connectivity index (χ3v) is 2.62. The van der Waals surface area contributed by atoms with Gasteiger partial charge in [0.2, 0.25) is 0 Å². The van der Waals surface area contributed by atoms with Crippen LogP contribution in [0.25, 0.3) is 0 Å². The molecule has 4 nitrogen and oxygen atoms in total. The number of aromatic hydroxyl groups is 1. The van der Waals surface area contributed by atoms with Crippen molar-refractivity contribution in [2.75, 3.05) is 13.7 Å². The van der Waals surface area contributed by atoms with Crippen molar-refractivity contribution in [3.05, 3.63) is 22.8 Å². The summed E-state index contributed by atoms with van der Waals surface area (Å²) in [5, 5.41) is 18.9. The SMILES string of the molecule is COc1cc(C)c(C)c(C(N)CO)c1O. The van der Waals surface area contributed by atoms with Gasteiger partial charge in [-0.1, -0.05) is 0 Å². The third kappa shape index (κ3) is 2.06. The van der Waals surface area contributed by atoms with Gasteiger partial charge in [0.05, 0.1) is 19.8 Å². The summed E-state index contributed by atoms with van der Waals surface area (Å²) >= 11 is 0. The van der Waals surface area contributed by atoms with E-state index in [4.69, 9.17) is 15.6 Å². The highest BCUT2D eigenvalue weighted by Crippen LogP contribution is 2.37. The fraction of sp³-hybridized carbons (Fsp3) is 0.455. The highest BCUT2D eigenvalue weighted by Gasteiger charge is 2.18. The minimum absolute atomic E-state index is 0.0159. The first kappa shape index (κ1) is 11.8. The summed E-state index contributed by atoms with van der Waals surface area (Å²) in [6.07, 6.45) is 0. The Balaban J connectivity index is 3.40. The zero-order valence-electron chi connectivity index (χ0n) is 9.24. The molecular weight excluding hydrogens is 194 g/mol. The van der Waals surface area contributed by atoms with Crippen LogP contribution in [0.5, 0.6) is 11.5 Å². The number of hydrogen-bond donors (Lipinski definition) is 3. The van der Waals surface area contributed by atoms with Crippen LogP contribution in [-0.2, 0) is 0 Å². The van der Waals surface area contributed by atoms with E-state index in [0.29, 0.717) is 11.3 Å². The number of ether oxygens (including phenoxy) is 1. The number of aryl methyl sites for hydroxylation is 1. The van der Waals surface area contributed by atoms with Crippen LogP contribution < -0.4 is 10.5 Å². The maximum atomic E-state index is 9.88. The predicted octanol–water partition coefficient (Wildman–Crippen LogP) is 1.01. The van der Waals surface area contributed by atoms with E-state index in [9.17, 15) is 5.11 Å². The van der Waals surface area contributed by atoms with Gasteiger partial charge in [0.25, 0.3) is 0 Å². The highest BCUT2D eigenvalue weighted by atomic mass is 16.5. The summed E-state index contributed by atoms with van der Waals surface area (Å²) in [6.45, 7) is 3.56. The van der Waals surface area contributed by atoms with Crippen LogP contribution in [0, 0.1) is 13.8 Å². The van der Waals surface area contributed by atoms with Gasteiger partial charge in [-0.05, 0) is 31.0 Å². The average molecular weight is 211 g/mol. The Morgan fingerprint density at radius 3 is 2.53 bits per heavy atom. The maximum Gasteiger partial charge on any atom is 0.162 e. The predicted molar refractivity (Wildman–Crippen MR) is 58.1 cm³/mol. The van der Waals surface area contributed by atoms with Gasteiger partial charge < -0.3 is 20.7 Å². The topological polar surface area (TPSA) is 75.7 Å². The van der Waals surface area contributed by atoms with Crippen LogP contribution in [0.3, 0.4) is 0 Å². The van der Waals surface area contributed by atoms with E-state index in [1.54, 1.807) is 6.07 Å². The van der Waals surface area contributed by atoms with Crippen molar-refractivity contribution in [1.29, 1.82) is 0 Å². The molecule has 0 spiro atoms. The number of aliphatic hydroxyl groups excluding tert-OH is 1. The first-order valence-corrected chi connectivity index (χ1v) is 4.76. The fourth-order valence-electron chi connectivity index (χ4n) is 1.60. The molecule has 0 fully saturated rings. The third-order valence-electron chi connectivity index (χ3n) is 2.62. The summed E-state index contributed by atoms with van der Waals surface area (Å²) in [7, 11) is 1.48. The molecule has 0 heterocycles. The molecule has 0 aliphatic heterocycles. The van der Waals surface area contributed by atoms with Crippen molar-refractivity contribution in [3.8, 4) is 11.5 Å². The molecule has 4 heteroatoms. The number of phenolic OH excluding ortho intramolecular Hbond substituents is 1. The van der Waals surface area contributed by atoms with Crippen LogP contribution in [0.1, 0.15) is 22.7 Å². The van der Waals surface area contributed by atoms with Crippen LogP contribution in [0.4, 0.5) is 0 Å². The van der Waals surface area contributed by atoms with Crippen molar-refractivity contribution in [3.63, 3.8) is 0 Å². The molecule has 0 saturated carbocycles. The van der Waals surface area contributed by atoms with Crippen LogP contribution in [-0.4, -0.2) is 23.9 Å². The lowest BCUT2D eigenvalue weighted by Crippen LogP contribution is -2.16. The second kappa shape index (κ2) is 4.51. The fourth-order valence-corrected chi connectivity index (χ4v) is 1.60. The monoisotopic (exact) mass is 211 g/mol. The van der Waals surface area contributed by atoms with E-state index in [0.717, 1.165) is 11.1 Å². The van der Waals surface area contributed by atoms with Crippen molar-refractivity contribution >= 4 is 0 Å². The van der Waals surface area contributed by atoms with Gasteiger partial charge in [0.15, 0.2) is 11.5 Å². The second-order valence-electron chi connectivity index (χ2n) is 3.57. The van der Waals surface area contributed by atoms with E-state index in [-0.39, 0.29) is 12.4 Å². The lowest BCUT2D eigenvalue weighted by Gasteiger charge is -2.18. The van der Waals surface area contributed by atoms with Gasteiger partial charge in [0.1, 0.15) is 0 Å². The first-order chi connectivity index (χ1) is 7.02. The minimum atomic E-state index is -0.584. The number of aliphatic hydroxyl groups is 1. The average Bonchev–Trinajstić information content (AvgIpc) is 2.23. The Hall–Kier alpha value is -1.26. The van der Waals surface area contributed by atoms with Gasteiger partial charge >= 0.3 is 0 Å². The maximum absolute atomic E-state index is 9.88. The van der Waals surface area contributed by atoms with E-state index in [1.165, 1.54) is 7.11 Å². The molecule has 1 atom stereocenters. The van der Waals surface area contributed by atoms with Crippen molar-refractivity contribution < 1.29 is 14.9 Å². The summed E-state index contributed by atoms with van der Waals surface area (Å²) in [4.78, 5) is 0. The summed E-state index contributed by atoms with van der Waals surface area (Å²) in [5.41, 5.74) is 8.13. The van der Waals surface area contributed by atoms with Gasteiger partial charge in [-0.15, -0.1) is 0 Å². The molecule has 4 N–H and O–H groups in total. The summed E-state index contributed by atoms with van der Waals surface area (Å²) < 4.78 is 5.03. The molecule has 1 aromatic rings. The number of methoxy groups -OCH3 is 1. The number of phenols is 1. The molecule has 0 saturated heterocycles. The van der Waals surface area contributed by atoms with Crippen molar-refractivity contribution in [1.82, 2.24) is 0 Å². The number of rotatable bonds is 3. The molecule has 0 bridgehead atoms. The Morgan fingerprint density at radius 1 is 1.47 bits per heavy atom. The summed E-state index contributed by atoms with van der Waals surface area (Å²) in [6, 6.07) is 1.16. The molecule has 0 radical (unpaired) electrons. The molecule has 1 rings (SSSR count). The van der Waals surface area contributed by atoms with Gasteiger partial charge in [-0.25, -0.2) is 0 Å². The van der Waals surface area contributed by atoms with E-state index >= 15 is 0 Å². The van der Waals surface area contributed by atoms with E-state index in [2.05, 4.69) is 0 Å². The molecule has 1 aromatic carbocycles. The van der Waals surface area contributed by atoms with Crippen LogP contribution in [0.2, 0.25) is 0 Å². The second-order valence-corrected chi connectivity index (χ2v) is 3.57. The molecule has 1 unspecified atom stereocenters. The molecule has 0 aliphatic rings. The van der Waals surface area contributed by atoms with Gasteiger partial charge in [-0.3, -0.25) is 0 Å². The quantitative estimate of drug-likeness (QED) is 0.697. The molecule has 84 valence electrons. The number of benzene rings is 1. The van der Waals surface area contributed by atoms with Crippen LogP contribution >= 0.6 is 0 Å². The Morgan fingerprint density at radius 2 is 2.07 bits per heavy atom. The molecule has 0 amide bonds. The largest absolute Gasteiger partial charge is 0.504 e. The smallest absolute Gasteiger partial charge is 0.162 e. The normalized spacial score (nSPS) is 12.6. The zero-order valence-corrected chi connectivity index (χ0v) is 9.24. The molecule has 0 aromatic heterocycles. The zero-order chi connectivity index (χ0) is 11.6. The lowest BCUT2D eigenvalue weighted by atomic mass is 9.96. The number of nitrogens with two attached hydrogens (primary N) is 1. The Labute approximate surface area is 89.3 Å². The first-order valence-electron chi connectivity index (χ1n) is 4.76. The number of hydrogen-bond acceptors (Lipinski definition) is 4. The van der Waals surface area contributed by atoms with Crippen molar-refractivity contribution in [2.24, 2.45) is 5.73 Å². The van der Waals surface area contributed by atoms with Crippen molar-refractivity contribution in [2.45, 2.75) is 19.9 Å². The Kier molecular flexibility index (Phi) is 3.55. The minimum Gasteiger partial charge on any atom is -0.504 e. The molecule has 15 heavy (non-hydrogen) atoms. The van der Waals surface area contributed by atoms with E-state index in [1.807, 2.05) is 13.8 Å². The van der Waals surface area contributed by atoms with Gasteiger partial charge in [-0.2, -0.15) is 0 Å².